The molecule has 1 amide bonds. The molecule has 8 heteroatoms. The lowest BCUT2D eigenvalue weighted by Gasteiger charge is -2.20. The van der Waals surface area contributed by atoms with E-state index < -0.39 is 0 Å². The Hall–Kier alpha value is -3.16. The summed E-state index contributed by atoms with van der Waals surface area (Å²) >= 11 is 0. The number of carbonyl (C=O) groups is 1. The van der Waals surface area contributed by atoms with E-state index in [2.05, 4.69) is 39.2 Å². The minimum Gasteiger partial charge on any atom is -0.435 e. The van der Waals surface area contributed by atoms with Crippen molar-refractivity contribution in [2.24, 2.45) is 18.9 Å². The molecule has 1 aliphatic heterocycles. The molecule has 0 radical (unpaired) electrons. The second kappa shape index (κ2) is 7.46. The molecule has 2 aliphatic carbocycles. The second-order valence-corrected chi connectivity index (χ2v) is 9.34. The quantitative estimate of drug-likeness (QED) is 0.644. The van der Waals surface area contributed by atoms with Gasteiger partial charge in [-0.2, -0.15) is 0 Å². The van der Waals surface area contributed by atoms with E-state index in [1.807, 2.05) is 11.6 Å². The molecule has 3 aliphatic rings. The van der Waals surface area contributed by atoms with Crippen molar-refractivity contribution in [2.75, 3.05) is 18.0 Å². The van der Waals surface area contributed by atoms with E-state index in [4.69, 9.17) is 9.40 Å². The van der Waals surface area contributed by atoms with Gasteiger partial charge in [0.15, 0.2) is 5.89 Å². The van der Waals surface area contributed by atoms with Crippen molar-refractivity contribution < 1.29 is 9.21 Å². The molecule has 8 nitrogen and oxygen atoms in total. The van der Waals surface area contributed by atoms with E-state index in [0.717, 1.165) is 67.0 Å². The molecule has 2 unspecified atom stereocenters. The first-order valence-electron chi connectivity index (χ1n) is 11.6. The Morgan fingerprint density at radius 2 is 2.09 bits per heavy atom. The second-order valence-electron chi connectivity index (χ2n) is 9.34. The minimum absolute atomic E-state index is 0.0766. The molecule has 1 saturated carbocycles. The number of imidazole rings is 1. The molecule has 0 spiro atoms. The number of aromatic nitrogens is 4. The van der Waals surface area contributed by atoms with Crippen molar-refractivity contribution >= 4 is 11.7 Å². The number of hydrogen-bond donors (Lipinski definition) is 1. The number of carbonyl (C=O) groups excluding carboxylic acids is 1. The number of amides is 1. The number of hydrogen-bond acceptors (Lipinski definition) is 6. The van der Waals surface area contributed by atoms with Gasteiger partial charge in [-0.25, -0.2) is 15.0 Å². The lowest BCUT2D eigenvalue weighted by Crippen LogP contribution is -2.27. The highest BCUT2D eigenvalue weighted by Gasteiger charge is 2.45. The van der Waals surface area contributed by atoms with Crippen LogP contribution in [0.1, 0.15) is 64.9 Å². The number of fused-ring (bicyclic) bond motifs is 2. The number of oxazole rings is 1. The number of piperidine rings is 1. The Labute approximate surface area is 187 Å². The van der Waals surface area contributed by atoms with Crippen LogP contribution in [0, 0.1) is 11.8 Å². The third-order valence-corrected chi connectivity index (χ3v) is 7.21. The largest absolute Gasteiger partial charge is 0.435 e. The van der Waals surface area contributed by atoms with Crippen molar-refractivity contribution in [2.45, 2.75) is 45.1 Å². The van der Waals surface area contributed by atoms with Gasteiger partial charge in [-0.1, -0.05) is 13.0 Å². The van der Waals surface area contributed by atoms with Gasteiger partial charge in [0.2, 0.25) is 5.76 Å². The van der Waals surface area contributed by atoms with Gasteiger partial charge in [-0.3, -0.25) is 4.79 Å². The molecule has 1 saturated heterocycles. The van der Waals surface area contributed by atoms with Crippen LogP contribution in [0.15, 0.2) is 29.1 Å². The van der Waals surface area contributed by atoms with Gasteiger partial charge >= 0.3 is 0 Å². The van der Waals surface area contributed by atoms with Gasteiger partial charge in [-0.15, -0.1) is 0 Å². The smallest absolute Gasteiger partial charge is 0.289 e. The molecule has 2 fully saturated rings. The van der Waals surface area contributed by atoms with Crippen molar-refractivity contribution in [1.82, 2.24) is 24.8 Å². The molecule has 0 bridgehead atoms. The highest BCUT2D eigenvalue weighted by Crippen LogP contribution is 2.46. The Morgan fingerprint density at radius 3 is 2.91 bits per heavy atom. The summed E-state index contributed by atoms with van der Waals surface area (Å²) in [7, 11) is 1.98. The fraction of sp³-hybridized carbons (Fsp3) is 0.500. The van der Waals surface area contributed by atoms with Gasteiger partial charge < -0.3 is 19.2 Å². The molecular weight excluding hydrogens is 404 g/mol. The zero-order valence-electron chi connectivity index (χ0n) is 18.5. The summed E-state index contributed by atoms with van der Waals surface area (Å²) in [6.45, 7) is 4.40. The third kappa shape index (κ3) is 3.38. The first-order valence-corrected chi connectivity index (χ1v) is 11.6. The zero-order valence-corrected chi connectivity index (χ0v) is 18.5. The Bertz CT molecular complexity index is 1170. The maximum absolute atomic E-state index is 12.7. The van der Waals surface area contributed by atoms with Crippen LogP contribution in [0.4, 0.5) is 5.82 Å². The van der Waals surface area contributed by atoms with Crippen molar-refractivity contribution in [1.29, 1.82) is 0 Å². The van der Waals surface area contributed by atoms with E-state index >= 15 is 0 Å². The maximum atomic E-state index is 12.7. The summed E-state index contributed by atoms with van der Waals surface area (Å²) in [5.41, 5.74) is 4.31. The van der Waals surface area contributed by atoms with E-state index in [1.54, 1.807) is 6.33 Å². The van der Waals surface area contributed by atoms with Crippen LogP contribution in [0.5, 0.6) is 0 Å². The SMILES string of the molecule is CCc1nc(N2CC3CC3C2)ccc1Cc1ncc(C(=O)N[C@@H]2CCc3c2ncn3C)o1. The first kappa shape index (κ1) is 19.5. The molecular formula is C24H28N6O2. The summed E-state index contributed by atoms with van der Waals surface area (Å²) in [6, 6.07) is 4.17. The molecule has 32 heavy (non-hydrogen) atoms. The summed E-state index contributed by atoms with van der Waals surface area (Å²) in [5, 5.41) is 3.04. The highest BCUT2D eigenvalue weighted by atomic mass is 16.4. The van der Waals surface area contributed by atoms with Gasteiger partial charge in [0.25, 0.3) is 5.91 Å². The number of nitrogens with zero attached hydrogens (tertiary/aromatic N) is 5. The lowest BCUT2D eigenvalue weighted by atomic mass is 10.1. The summed E-state index contributed by atoms with van der Waals surface area (Å²) in [4.78, 5) is 28.9. The normalized spacial score (nSPS) is 23.3. The van der Waals surface area contributed by atoms with Crippen LogP contribution in [0.2, 0.25) is 0 Å². The molecule has 1 N–H and O–H groups in total. The monoisotopic (exact) mass is 432 g/mol. The van der Waals surface area contributed by atoms with Crippen LogP contribution >= 0.6 is 0 Å². The average molecular weight is 433 g/mol. The predicted molar refractivity (Wildman–Crippen MR) is 118 cm³/mol. The van der Waals surface area contributed by atoms with Crippen LogP contribution in [-0.2, 0) is 26.3 Å². The number of pyridine rings is 1. The zero-order chi connectivity index (χ0) is 21.8. The van der Waals surface area contributed by atoms with E-state index in [-0.39, 0.29) is 17.7 Å². The Morgan fingerprint density at radius 1 is 1.25 bits per heavy atom. The fourth-order valence-electron chi connectivity index (χ4n) is 5.26. The predicted octanol–water partition coefficient (Wildman–Crippen LogP) is 2.83. The van der Waals surface area contributed by atoms with Crippen LogP contribution in [-0.4, -0.2) is 38.5 Å². The van der Waals surface area contributed by atoms with E-state index in [0.29, 0.717) is 12.3 Å². The molecule has 3 aromatic rings. The van der Waals surface area contributed by atoms with Crippen molar-refractivity contribution in [3.63, 3.8) is 0 Å². The highest BCUT2D eigenvalue weighted by molar-refractivity contribution is 5.91. The lowest BCUT2D eigenvalue weighted by molar-refractivity contribution is 0.0906. The number of nitrogens with one attached hydrogen (secondary N) is 1. The Kier molecular flexibility index (Phi) is 4.55. The van der Waals surface area contributed by atoms with Gasteiger partial charge in [0, 0.05) is 31.5 Å². The topological polar surface area (TPSA) is 89.1 Å². The number of aryl methyl sites for hydroxylation is 2. The summed E-state index contributed by atoms with van der Waals surface area (Å²) in [6.07, 6.45) is 7.86. The standard InChI is InChI=1S/C24H28N6O2/c1-3-17-14(4-7-21(27-17)30-11-15-8-16(15)12-30)9-22-25-10-20(32-22)24(31)28-18-5-6-19-23(18)26-13-29(19)2/h4,7,10,13,15-16,18H,3,5-6,8-9,11-12H2,1-2H3,(H,28,31)/t15?,16?,18-/m1/s1. The van der Waals surface area contributed by atoms with Crippen LogP contribution in [0.25, 0.3) is 0 Å². The third-order valence-electron chi connectivity index (χ3n) is 7.21. The average Bonchev–Trinajstić information content (AvgIpc) is 3.27. The van der Waals surface area contributed by atoms with E-state index in [1.165, 1.54) is 18.3 Å². The maximum Gasteiger partial charge on any atom is 0.289 e. The van der Waals surface area contributed by atoms with Crippen molar-refractivity contribution in [3.8, 4) is 0 Å². The summed E-state index contributed by atoms with van der Waals surface area (Å²) < 4.78 is 7.83. The number of rotatable bonds is 6. The minimum atomic E-state index is -0.246. The molecule has 4 heterocycles. The van der Waals surface area contributed by atoms with Crippen LogP contribution in [0.3, 0.4) is 0 Å². The van der Waals surface area contributed by atoms with Crippen LogP contribution < -0.4 is 10.2 Å². The molecule has 6 rings (SSSR count). The molecule has 166 valence electrons. The van der Waals surface area contributed by atoms with Gasteiger partial charge in [0.05, 0.1) is 30.7 Å². The molecule has 0 aromatic carbocycles. The fourth-order valence-corrected chi connectivity index (χ4v) is 5.26. The molecule has 3 aromatic heterocycles. The number of anilines is 1. The van der Waals surface area contributed by atoms with Gasteiger partial charge in [-0.05, 0) is 49.1 Å². The van der Waals surface area contributed by atoms with Crippen molar-refractivity contribution in [3.05, 3.63) is 59.0 Å². The Balaban J connectivity index is 1.13. The summed E-state index contributed by atoms with van der Waals surface area (Å²) in [5.74, 6) is 3.37. The first-order chi connectivity index (χ1) is 15.6. The van der Waals surface area contributed by atoms with E-state index in [9.17, 15) is 4.79 Å². The van der Waals surface area contributed by atoms with Gasteiger partial charge in [0.1, 0.15) is 5.82 Å². The molecule has 3 atom stereocenters.